The zero-order chi connectivity index (χ0) is 38.3. The maximum Gasteiger partial charge on any atom is 2.00 e. The van der Waals surface area contributed by atoms with E-state index in [9.17, 15) is 0 Å². The largest absolute Gasteiger partial charge is 2.00 e. The molecule has 57 heavy (non-hydrogen) atoms. The Hall–Kier alpha value is -6.43. The minimum atomic E-state index is 0. The molecule has 0 atom stereocenters. The van der Waals surface area contributed by atoms with Crippen LogP contribution in [-0.2, 0) is 21.1 Å². The van der Waals surface area contributed by atoms with Gasteiger partial charge in [-0.25, -0.2) is 4.98 Å². The minimum absolute atomic E-state index is 0. The van der Waals surface area contributed by atoms with Gasteiger partial charge in [0.05, 0.1) is 11.8 Å². The summed E-state index contributed by atoms with van der Waals surface area (Å²) in [4.78, 5) is 4.71. The number of benzene rings is 6. The first-order chi connectivity index (χ1) is 27.3. The third-order valence-corrected chi connectivity index (χ3v) is 10.2. The summed E-state index contributed by atoms with van der Waals surface area (Å²) >= 11 is 0. The molecule has 0 N–H and O–H groups in total. The van der Waals surface area contributed by atoms with Crippen LogP contribution in [0.3, 0.4) is 0 Å². The summed E-state index contributed by atoms with van der Waals surface area (Å²) in [6.07, 6.45) is 5.67. The number of aromatic nitrogens is 4. The van der Waals surface area contributed by atoms with Gasteiger partial charge in [-0.05, 0) is 103 Å². The third kappa shape index (κ3) is 7.23. The molecule has 0 saturated heterocycles. The van der Waals surface area contributed by atoms with Gasteiger partial charge in [-0.1, -0.05) is 67.0 Å². The first-order valence-electron chi connectivity index (χ1n) is 18.6. The Morgan fingerprint density at radius 3 is 1.93 bits per heavy atom. The van der Waals surface area contributed by atoms with Crippen LogP contribution < -0.4 is 14.2 Å². The van der Waals surface area contributed by atoms with Crippen LogP contribution >= 0.6 is 0 Å². The van der Waals surface area contributed by atoms with E-state index in [0.29, 0.717) is 23.0 Å². The SMILES string of the molecule is Cc1cc(Oc2[c-]c3c(cc2)c2ccccc2n3-c2cc(C)ccn2)[c-]c(-n2cc(-c3c(Oc4ccccc4)c(C)c(C)c(C)c3Oc3ccccc3)cn2)c1.[Pt+2]. The van der Waals surface area contributed by atoms with Gasteiger partial charge in [0.15, 0.2) is 0 Å². The topological polar surface area (TPSA) is 63.3 Å². The molecule has 0 aliphatic carbocycles. The fraction of sp³-hybridized carbons (Fsp3) is 0.102. The van der Waals surface area contributed by atoms with Gasteiger partial charge in [0.2, 0.25) is 0 Å². The van der Waals surface area contributed by atoms with Crippen molar-refractivity contribution < 1.29 is 35.3 Å². The van der Waals surface area contributed by atoms with E-state index in [2.05, 4.69) is 74.7 Å². The maximum absolute atomic E-state index is 6.67. The zero-order valence-corrected chi connectivity index (χ0v) is 34.4. The Labute approximate surface area is 346 Å². The number of rotatable bonds is 9. The molecule has 6 aromatic carbocycles. The van der Waals surface area contributed by atoms with Crippen molar-refractivity contribution in [3.8, 4) is 57.1 Å². The number of ether oxygens (including phenoxy) is 3. The molecule has 9 aromatic rings. The van der Waals surface area contributed by atoms with Gasteiger partial charge in [-0.3, -0.25) is 4.68 Å². The molecule has 0 bridgehead atoms. The molecule has 8 heteroatoms. The van der Waals surface area contributed by atoms with E-state index in [1.54, 1.807) is 0 Å². The van der Waals surface area contributed by atoms with Crippen molar-refractivity contribution in [1.29, 1.82) is 0 Å². The molecule has 9 rings (SSSR count). The van der Waals surface area contributed by atoms with Gasteiger partial charge >= 0.3 is 21.1 Å². The fourth-order valence-corrected chi connectivity index (χ4v) is 7.19. The van der Waals surface area contributed by atoms with Gasteiger partial charge in [0, 0.05) is 35.0 Å². The quantitative estimate of drug-likeness (QED) is 0.135. The number of aryl methyl sites for hydroxylation is 2. The Bertz CT molecular complexity index is 2830. The fourth-order valence-electron chi connectivity index (χ4n) is 7.19. The Morgan fingerprint density at radius 2 is 1.25 bits per heavy atom. The van der Waals surface area contributed by atoms with Crippen LogP contribution in [-0.4, -0.2) is 19.3 Å². The molecule has 0 fully saturated rings. The molecule has 3 aromatic heterocycles. The average molecular weight is 926 g/mol. The van der Waals surface area contributed by atoms with Crippen molar-refractivity contribution in [3.05, 3.63) is 180 Å². The molecular formula is C49H38N4O3Pt. The van der Waals surface area contributed by atoms with Crippen molar-refractivity contribution in [3.63, 3.8) is 0 Å². The van der Waals surface area contributed by atoms with Gasteiger partial charge < -0.3 is 18.8 Å². The smallest absolute Gasteiger partial charge is 0.509 e. The molecule has 282 valence electrons. The van der Waals surface area contributed by atoms with Crippen molar-refractivity contribution in [1.82, 2.24) is 19.3 Å². The molecule has 0 spiro atoms. The van der Waals surface area contributed by atoms with E-state index in [1.807, 2.05) is 121 Å². The van der Waals surface area contributed by atoms with E-state index in [1.165, 1.54) is 0 Å². The van der Waals surface area contributed by atoms with E-state index in [4.69, 9.17) is 24.3 Å². The normalized spacial score (nSPS) is 11.1. The number of para-hydroxylation sites is 3. The number of pyridine rings is 1. The van der Waals surface area contributed by atoms with E-state index in [0.717, 1.165) is 83.8 Å². The summed E-state index contributed by atoms with van der Waals surface area (Å²) in [5, 5.41) is 7.05. The maximum atomic E-state index is 6.67. The van der Waals surface area contributed by atoms with Gasteiger partial charge in [-0.2, -0.15) is 16.7 Å². The van der Waals surface area contributed by atoms with Gasteiger partial charge in [0.25, 0.3) is 0 Å². The van der Waals surface area contributed by atoms with Gasteiger partial charge in [0.1, 0.15) is 28.8 Å². The first-order valence-corrected chi connectivity index (χ1v) is 18.6. The zero-order valence-electron chi connectivity index (χ0n) is 32.1. The average Bonchev–Trinajstić information content (AvgIpc) is 3.83. The van der Waals surface area contributed by atoms with Crippen LogP contribution in [0.2, 0.25) is 0 Å². The molecule has 3 heterocycles. The Kier molecular flexibility index (Phi) is 10.3. The van der Waals surface area contributed by atoms with Crippen LogP contribution in [0.25, 0.3) is 44.4 Å². The van der Waals surface area contributed by atoms with Crippen LogP contribution in [0.4, 0.5) is 0 Å². The van der Waals surface area contributed by atoms with Crippen LogP contribution in [0.15, 0.2) is 140 Å². The standard InChI is InChI=1S/C49H38N4O3.Pt/c1-31-22-23-50-46(26-31)53-44-19-13-12-18-42(44)43-21-20-40(28-45(43)53)54-41-25-32(2)24-37(27-41)52-30-36(29-51-52)47-48(55-38-14-8-6-9-15-38)34(4)33(3)35(5)49(47)56-39-16-10-7-11-17-39;/h6-26,29-30H,1-5H3;/q-2;+2. The van der Waals surface area contributed by atoms with Crippen molar-refractivity contribution in [2.45, 2.75) is 34.6 Å². The number of hydrogen-bond donors (Lipinski definition) is 0. The summed E-state index contributed by atoms with van der Waals surface area (Å²) < 4.78 is 23.8. The van der Waals surface area contributed by atoms with Crippen molar-refractivity contribution in [2.24, 2.45) is 0 Å². The van der Waals surface area contributed by atoms with Crippen LogP contribution in [0.5, 0.6) is 34.5 Å². The Morgan fingerprint density at radius 1 is 0.579 bits per heavy atom. The predicted molar refractivity (Wildman–Crippen MR) is 222 cm³/mol. The van der Waals surface area contributed by atoms with Crippen molar-refractivity contribution >= 4 is 21.8 Å². The summed E-state index contributed by atoms with van der Waals surface area (Å²) in [7, 11) is 0. The van der Waals surface area contributed by atoms with E-state index < -0.39 is 0 Å². The summed E-state index contributed by atoms with van der Waals surface area (Å²) in [5.74, 6) is 4.84. The van der Waals surface area contributed by atoms with Gasteiger partial charge in [-0.15, -0.1) is 35.7 Å². The number of hydrogen-bond acceptors (Lipinski definition) is 5. The molecule has 0 aliphatic rings. The monoisotopic (exact) mass is 925 g/mol. The molecule has 0 radical (unpaired) electrons. The molecular weight excluding hydrogens is 888 g/mol. The molecule has 0 saturated carbocycles. The van der Waals surface area contributed by atoms with Crippen LogP contribution in [0, 0.1) is 46.8 Å². The Balaban J connectivity index is 0.00000455. The van der Waals surface area contributed by atoms with Crippen molar-refractivity contribution in [2.75, 3.05) is 0 Å². The summed E-state index contributed by atoms with van der Waals surface area (Å²) in [6.45, 7) is 10.4. The van der Waals surface area contributed by atoms with Crippen LogP contribution in [0.1, 0.15) is 27.8 Å². The second kappa shape index (κ2) is 15.6. The molecule has 0 aliphatic heterocycles. The second-order valence-corrected chi connectivity index (χ2v) is 14.1. The van der Waals surface area contributed by atoms with E-state index in [-0.39, 0.29) is 21.1 Å². The second-order valence-electron chi connectivity index (χ2n) is 14.1. The third-order valence-electron chi connectivity index (χ3n) is 10.2. The predicted octanol–water partition coefficient (Wildman–Crippen LogP) is 12.5. The number of nitrogens with zero attached hydrogens (tertiary/aromatic N) is 4. The summed E-state index contributed by atoms with van der Waals surface area (Å²) in [5.41, 5.74) is 9.59. The number of fused-ring (bicyclic) bond motifs is 3. The van der Waals surface area contributed by atoms with E-state index >= 15 is 0 Å². The minimum Gasteiger partial charge on any atom is -0.509 e. The first kappa shape index (κ1) is 37.5. The molecule has 7 nitrogen and oxygen atoms in total. The molecule has 0 unspecified atom stereocenters. The molecule has 0 amide bonds. The summed E-state index contributed by atoms with van der Waals surface area (Å²) in [6, 6.07) is 47.1.